The van der Waals surface area contributed by atoms with Crippen molar-refractivity contribution >= 4 is 35.0 Å². The third-order valence-corrected chi connectivity index (χ3v) is 3.84. The molecule has 1 N–H and O–H groups in total. The number of methoxy groups -OCH3 is 1. The van der Waals surface area contributed by atoms with Crippen LogP contribution in [0.4, 0.5) is 17.5 Å². The molecular weight excluding hydrogens is 328 g/mol. The Morgan fingerprint density at radius 2 is 2.17 bits per heavy atom. The van der Waals surface area contributed by atoms with Gasteiger partial charge in [0.2, 0.25) is 5.95 Å². The van der Waals surface area contributed by atoms with Crippen molar-refractivity contribution in [3.8, 4) is 0 Å². The van der Waals surface area contributed by atoms with Crippen molar-refractivity contribution in [3.63, 3.8) is 0 Å². The number of rotatable bonds is 7. The Bertz CT molecular complexity index is 709. The predicted octanol–water partition coefficient (Wildman–Crippen LogP) is 3.90. The SMILES string of the molecule is CCCCN(C)c1ccnc(Nc2cc(C(=O)OC)ccc2Cl)n1. The monoisotopic (exact) mass is 348 g/mol. The molecule has 128 valence electrons. The number of carbonyl (C=O) groups is 1. The molecule has 7 heteroatoms. The fourth-order valence-corrected chi connectivity index (χ4v) is 2.28. The first-order valence-electron chi connectivity index (χ1n) is 7.74. The number of unbranched alkanes of at least 4 members (excludes halogenated alkanes) is 1. The molecule has 6 nitrogen and oxygen atoms in total. The van der Waals surface area contributed by atoms with E-state index in [1.54, 1.807) is 24.4 Å². The molecule has 24 heavy (non-hydrogen) atoms. The van der Waals surface area contributed by atoms with Gasteiger partial charge in [0.1, 0.15) is 5.82 Å². The van der Waals surface area contributed by atoms with Crippen LogP contribution in [-0.2, 0) is 4.74 Å². The van der Waals surface area contributed by atoms with Crippen molar-refractivity contribution in [2.75, 3.05) is 30.9 Å². The van der Waals surface area contributed by atoms with E-state index in [1.807, 2.05) is 13.1 Å². The second kappa shape index (κ2) is 8.49. The quantitative estimate of drug-likeness (QED) is 0.765. The highest BCUT2D eigenvalue weighted by Crippen LogP contribution is 2.26. The molecule has 0 fully saturated rings. The molecule has 1 aromatic heterocycles. The minimum Gasteiger partial charge on any atom is -0.465 e. The number of esters is 1. The Hall–Kier alpha value is -2.34. The summed E-state index contributed by atoms with van der Waals surface area (Å²) in [6.45, 7) is 3.07. The van der Waals surface area contributed by atoms with Gasteiger partial charge in [-0.2, -0.15) is 4.98 Å². The molecule has 0 atom stereocenters. The molecule has 2 aromatic rings. The van der Waals surface area contributed by atoms with Crippen molar-refractivity contribution in [3.05, 3.63) is 41.0 Å². The number of carbonyl (C=O) groups excluding carboxylic acids is 1. The average Bonchev–Trinajstić information content (AvgIpc) is 2.61. The summed E-state index contributed by atoms with van der Waals surface area (Å²) in [5, 5.41) is 3.52. The summed E-state index contributed by atoms with van der Waals surface area (Å²) in [4.78, 5) is 22.4. The highest BCUT2D eigenvalue weighted by molar-refractivity contribution is 6.33. The fourth-order valence-electron chi connectivity index (χ4n) is 2.12. The molecule has 0 aliphatic rings. The van der Waals surface area contributed by atoms with Gasteiger partial charge in [0.05, 0.1) is 23.4 Å². The van der Waals surface area contributed by atoms with E-state index in [9.17, 15) is 4.79 Å². The Morgan fingerprint density at radius 3 is 2.88 bits per heavy atom. The summed E-state index contributed by atoms with van der Waals surface area (Å²) in [7, 11) is 3.33. The zero-order valence-corrected chi connectivity index (χ0v) is 14.8. The molecule has 0 spiro atoms. The minimum atomic E-state index is -0.427. The van der Waals surface area contributed by atoms with Gasteiger partial charge in [0, 0.05) is 19.8 Å². The molecule has 1 aromatic carbocycles. The molecule has 0 aliphatic carbocycles. The standard InChI is InChI=1S/C17H21ClN4O2/c1-4-5-10-22(2)15-8-9-19-17(21-15)20-14-11-12(16(23)24-3)6-7-13(14)18/h6-9,11H,4-5,10H2,1-3H3,(H,19,20,21). The lowest BCUT2D eigenvalue weighted by atomic mass is 10.2. The highest BCUT2D eigenvalue weighted by atomic mass is 35.5. The molecule has 0 amide bonds. The summed E-state index contributed by atoms with van der Waals surface area (Å²) in [5.41, 5.74) is 0.952. The van der Waals surface area contributed by atoms with Crippen LogP contribution >= 0.6 is 11.6 Å². The number of nitrogens with zero attached hydrogens (tertiary/aromatic N) is 3. The largest absolute Gasteiger partial charge is 0.465 e. The van der Waals surface area contributed by atoms with Gasteiger partial charge in [-0.05, 0) is 30.7 Å². The smallest absolute Gasteiger partial charge is 0.337 e. The maximum atomic E-state index is 11.6. The maximum absolute atomic E-state index is 11.6. The van der Waals surface area contributed by atoms with Crippen LogP contribution in [0.15, 0.2) is 30.5 Å². The van der Waals surface area contributed by atoms with Crippen LogP contribution in [0.3, 0.4) is 0 Å². The summed E-state index contributed by atoms with van der Waals surface area (Å²) >= 11 is 6.18. The number of halogens is 1. The first kappa shape index (κ1) is 18.0. The first-order valence-corrected chi connectivity index (χ1v) is 8.12. The van der Waals surface area contributed by atoms with Crippen molar-refractivity contribution in [1.29, 1.82) is 0 Å². The molecular formula is C17H21ClN4O2. The van der Waals surface area contributed by atoms with Crippen LogP contribution in [0.1, 0.15) is 30.1 Å². The normalized spacial score (nSPS) is 10.3. The number of hydrogen-bond acceptors (Lipinski definition) is 6. The highest BCUT2D eigenvalue weighted by Gasteiger charge is 2.11. The van der Waals surface area contributed by atoms with Gasteiger partial charge in [0.15, 0.2) is 0 Å². The molecule has 0 aliphatic heterocycles. The van der Waals surface area contributed by atoms with Crippen molar-refractivity contribution in [2.24, 2.45) is 0 Å². The Balaban J connectivity index is 2.20. The van der Waals surface area contributed by atoms with Gasteiger partial charge in [-0.15, -0.1) is 0 Å². The van der Waals surface area contributed by atoms with Gasteiger partial charge in [-0.3, -0.25) is 0 Å². The van der Waals surface area contributed by atoms with Crippen LogP contribution in [0.25, 0.3) is 0 Å². The van der Waals surface area contributed by atoms with Crippen LogP contribution in [-0.4, -0.2) is 36.6 Å². The van der Waals surface area contributed by atoms with Gasteiger partial charge in [-0.1, -0.05) is 24.9 Å². The molecule has 0 bridgehead atoms. The molecule has 1 heterocycles. The van der Waals surface area contributed by atoms with Crippen LogP contribution in [0, 0.1) is 0 Å². The minimum absolute atomic E-state index is 0.403. The first-order chi connectivity index (χ1) is 11.5. The second-order valence-corrected chi connectivity index (χ2v) is 5.73. The van der Waals surface area contributed by atoms with Crippen molar-refractivity contribution in [2.45, 2.75) is 19.8 Å². The van der Waals surface area contributed by atoms with E-state index in [4.69, 9.17) is 16.3 Å². The zero-order chi connectivity index (χ0) is 17.5. The van der Waals surface area contributed by atoms with E-state index < -0.39 is 5.97 Å². The van der Waals surface area contributed by atoms with Gasteiger partial charge >= 0.3 is 5.97 Å². The van der Waals surface area contributed by atoms with Gasteiger partial charge in [0.25, 0.3) is 0 Å². The lowest BCUT2D eigenvalue weighted by molar-refractivity contribution is 0.0601. The lowest BCUT2D eigenvalue weighted by Crippen LogP contribution is -2.20. The van der Waals surface area contributed by atoms with E-state index in [-0.39, 0.29) is 0 Å². The zero-order valence-electron chi connectivity index (χ0n) is 14.0. The van der Waals surface area contributed by atoms with Gasteiger partial charge < -0.3 is 15.0 Å². The van der Waals surface area contributed by atoms with Crippen LogP contribution in [0.5, 0.6) is 0 Å². The Morgan fingerprint density at radius 1 is 1.38 bits per heavy atom. The Labute approximate surface area is 146 Å². The molecule has 0 radical (unpaired) electrons. The van der Waals surface area contributed by atoms with E-state index in [1.165, 1.54) is 7.11 Å². The van der Waals surface area contributed by atoms with E-state index in [0.717, 1.165) is 25.2 Å². The van der Waals surface area contributed by atoms with Crippen molar-refractivity contribution in [1.82, 2.24) is 9.97 Å². The maximum Gasteiger partial charge on any atom is 0.337 e. The van der Waals surface area contributed by atoms with Crippen LogP contribution in [0.2, 0.25) is 5.02 Å². The summed E-state index contributed by atoms with van der Waals surface area (Å²) in [6.07, 6.45) is 3.90. The number of benzene rings is 1. The number of anilines is 3. The van der Waals surface area contributed by atoms with E-state index in [2.05, 4.69) is 27.1 Å². The average molecular weight is 349 g/mol. The van der Waals surface area contributed by atoms with Crippen molar-refractivity contribution < 1.29 is 9.53 Å². The van der Waals surface area contributed by atoms with E-state index in [0.29, 0.717) is 22.2 Å². The third kappa shape index (κ3) is 4.58. The molecule has 2 rings (SSSR count). The number of aromatic nitrogens is 2. The molecule has 0 saturated heterocycles. The number of nitrogens with one attached hydrogen (secondary N) is 1. The van der Waals surface area contributed by atoms with Crippen LogP contribution < -0.4 is 10.2 Å². The fraction of sp³-hybridized carbons (Fsp3) is 0.353. The topological polar surface area (TPSA) is 67.4 Å². The van der Waals surface area contributed by atoms with E-state index >= 15 is 0 Å². The third-order valence-electron chi connectivity index (χ3n) is 3.51. The number of hydrogen-bond donors (Lipinski definition) is 1. The van der Waals surface area contributed by atoms with Gasteiger partial charge in [-0.25, -0.2) is 9.78 Å². The lowest BCUT2D eigenvalue weighted by Gasteiger charge is -2.18. The molecule has 0 saturated carbocycles. The molecule has 0 unspecified atom stereocenters. The summed E-state index contributed by atoms with van der Waals surface area (Å²) in [6, 6.07) is 6.71. The summed E-state index contributed by atoms with van der Waals surface area (Å²) in [5.74, 6) is 0.810. The second-order valence-electron chi connectivity index (χ2n) is 5.32. The number of ether oxygens (including phenoxy) is 1. The predicted molar refractivity (Wildman–Crippen MR) is 96.3 cm³/mol. The Kier molecular flexibility index (Phi) is 6.37. The summed E-state index contributed by atoms with van der Waals surface area (Å²) < 4.78 is 4.72.